The van der Waals surface area contributed by atoms with Crippen LogP contribution in [0.25, 0.3) is 0 Å². The maximum Gasteiger partial charge on any atom is 0.159 e. The van der Waals surface area contributed by atoms with E-state index in [1.54, 1.807) is 6.92 Å². The monoisotopic (exact) mass is 192 g/mol. The molecule has 2 heteroatoms. The van der Waals surface area contributed by atoms with Crippen molar-refractivity contribution in [2.45, 2.75) is 26.7 Å². The highest BCUT2D eigenvalue weighted by Gasteiger charge is 2.00. The van der Waals surface area contributed by atoms with Crippen LogP contribution < -0.4 is 0 Å². The number of benzene rings is 1. The van der Waals surface area contributed by atoms with Gasteiger partial charge in [0.25, 0.3) is 0 Å². The Morgan fingerprint density at radius 2 is 1.57 bits per heavy atom. The zero-order chi connectivity index (χ0) is 11.1. The lowest BCUT2D eigenvalue weighted by Crippen LogP contribution is -1.93. The minimum atomic E-state index is 0.130. The Balaban J connectivity index is 0.000000791. The lowest BCUT2D eigenvalue weighted by Gasteiger charge is -2.04. The van der Waals surface area contributed by atoms with Crippen molar-refractivity contribution < 1.29 is 9.59 Å². The summed E-state index contributed by atoms with van der Waals surface area (Å²) >= 11 is 0. The molecule has 14 heavy (non-hydrogen) atoms. The molecule has 0 bridgehead atoms. The van der Waals surface area contributed by atoms with Gasteiger partial charge in [-0.15, -0.1) is 0 Å². The summed E-state index contributed by atoms with van der Waals surface area (Å²) in [6, 6.07) is 7.80. The van der Waals surface area contributed by atoms with E-state index in [4.69, 9.17) is 4.79 Å². The fraction of sp³-hybridized carbons (Fsp3) is 0.333. The minimum absolute atomic E-state index is 0.130. The molecule has 0 unspecified atom stereocenters. The van der Waals surface area contributed by atoms with E-state index in [-0.39, 0.29) is 5.78 Å². The topological polar surface area (TPSA) is 34.1 Å². The quantitative estimate of drug-likeness (QED) is 0.675. The summed E-state index contributed by atoms with van der Waals surface area (Å²) in [6.07, 6.45) is 0. The number of Topliss-reactive ketones (excluding diaryl/α,β-unsaturated/α-hetero) is 1. The molecule has 1 aromatic carbocycles. The third kappa shape index (κ3) is 3.52. The molecular formula is C12H16O2. The highest BCUT2D eigenvalue weighted by atomic mass is 16.1. The molecule has 1 aromatic rings. The van der Waals surface area contributed by atoms with Crippen molar-refractivity contribution in [3.05, 3.63) is 35.4 Å². The van der Waals surface area contributed by atoms with Crippen LogP contribution in [0.3, 0.4) is 0 Å². The maximum absolute atomic E-state index is 10.9. The smallest absolute Gasteiger partial charge is 0.159 e. The van der Waals surface area contributed by atoms with Crippen LogP contribution in [-0.2, 0) is 4.79 Å². The zero-order valence-corrected chi connectivity index (χ0v) is 8.91. The van der Waals surface area contributed by atoms with Crippen LogP contribution in [0.1, 0.15) is 42.6 Å². The summed E-state index contributed by atoms with van der Waals surface area (Å²) in [5, 5.41) is 0. The van der Waals surface area contributed by atoms with Gasteiger partial charge in [0.2, 0.25) is 0 Å². The Labute approximate surface area is 84.9 Å². The number of carbonyl (C=O) groups excluding carboxylic acids is 2. The molecule has 0 aliphatic rings. The van der Waals surface area contributed by atoms with E-state index in [1.165, 1.54) is 5.56 Å². The summed E-state index contributed by atoms with van der Waals surface area (Å²) < 4.78 is 0. The zero-order valence-electron chi connectivity index (χ0n) is 8.91. The molecule has 0 aliphatic carbocycles. The highest BCUT2D eigenvalue weighted by molar-refractivity contribution is 5.94. The second kappa shape index (κ2) is 6.08. The summed E-state index contributed by atoms with van der Waals surface area (Å²) in [4.78, 5) is 18.9. The van der Waals surface area contributed by atoms with Gasteiger partial charge < -0.3 is 4.79 Å². The predicted molar refractivity (Wildman–Crippen MR) is 57.7 cm³/mol. The van der Waals surface area contributed by atoms with Gasteiger partial charge in [-0.2, -0.15) is 0 Å². The number of ketones is 1. The summed E-state index contributed by atoms with van der Waals surface area (Å²) in [5.74, 6) is 0.663. The van der Waals surface area contributed by atoms with Crippen molar-refractivity contribution in [1.82, 2.24) is 0 Å². The van der Waals surface area contributed by atoms with Crippen LogP contribution >= 0.6 is 0 Å². The normalized spacial score (nSPS) is 9.14. The average molecular weight is 192 g/mol. The van der Waals surface area contributed by atoms with E-state index in [1.807, 2.05) is 31.1 Å². The van der Waals surface area contributed by atoms with Gasteiger partial charge in [-0.05, 0) is 18.4 Å². The van der Waals surface area contributed by atoms with Crippen LogP contribution in [0.5, 0.6) is 0 Å². The van der Waals surface area contributed by atoms with Crippen molar-refractivity contribution in [2.24, 2.45) is 0 Å². The second-order valence-electron chi connectivity index (χ2n) is 3.33. The van der Waals surface area contributed by atoms with Gasteiger partial charge in [0.05, 0.1) is 0 Å². The highest BCUT2D eigenvalue weighted by Crippen LogP contribution is 2.14. The van der Waals surface area contributed by atoms with E-state index in [0.29, 0.717) is 5.92 Å². The first-order valence-corrected chi connectivity index (χ1v) is 4.51. The molecule has 0 aromatic heterocycles. The summed E-state index contributed by atoms with van der Waals surface area (Å²) in [5.41, 5.74) is 2.07. The van der Waals surface area contributed by atoms with E-state index in [0.717, 1.165) is 5.56 Å². The van der Waals surface area contributed by atoms with Crippen molar-refractivity contribution in [3.8, 4) is 0 Å². The average Bonchev–Trinajstić information content (AvgIpc) is 2.21. The first-order chi connectivity index (χ1) is 6.61. The van der Waals surface area contributed by atoms with Crippen molar-refractivity contribution in [3.63, 3.8) is 0 Å². The first kappa shape index (κ1) is 12.6. The third-order valence-corrected chi connectivity index (χ3v) is 1.98. The van der Waals surface area contributed by atoms with E-state index in [9.17, 15) is 4.79 Å². The molecule has 0 atom stereocenters. The lowest BCUT2D eigenvalue weighted by molar-refractivity contribution is -0.0979. The van der Waals surface area contributed by atoms with Crippen LogP contribution in [0.4, 0.5) is 0 Å². The Morgan fingerprint density at radius 1 is 1.14 bits per heavy atom. The molecule has 0 amide bonds. The van der Waals surface area contributed by atoms with Gasteiger partial charge in [0.1, 0.15) is 6.79 Å². The van der Waals surface area contributed by atoms with Gasteiger partial charge in [-0.3, -0.25) is 4.79 Å². The molecule has 0 saturated carbocycles. The molecule has 1 rings (SSSR count). The molecule has 2 nitrogen and oxygen atoms in total. The van der Waals surface area contributed by atoms with Crippen molar-refractivity contribution in [2.75, 3.05) is 0 Å². The molecule has 76 valence electrons. The number of hydrogen-bond donors (Lipinski definition) is 0. The van der Waals surface area contributed by atoms with E-state index >= 15 is 0 Å². The predicted octanol–water partition coefficient (Wildman–Crippen LogP) is 2.83. The molecule has 0 spiro atoms. The van der Waals surface area contributed by atoms with Gasteiger partial charge >= 0.3 is 0 Å². The Kier molecular flexibility index (Phi) is 5.46. The SMILES string of the molecule is C=O.CC(=O)c1ccc(C(C)C)cc1. The minimum Gasteiger partial charge on any atom is -0.307 e. The Hall–Kier alpha value is -1.44. The molecule has 0 heterocycles. The van der Waals surface area contributed by atoms with Crippen molar-refractivity contribution in [1.29, 1.82) is 0 Å². The van der Waals surface area contributed by atoms with Gasteiger partial charge in [0.15, 0.2) is 5.78 Å². The largest absolute Gasteiger partial charge is 0.307 e. The van der Waals surface area contributed by atoms with Gasteiger partial charge in [-0.25, -0.2) is 0 Å². The standard InChI is InChI=1S/C11H14O.CH2O/c1-8(2)10-4-6-11(7-5-10)9(3)12;1-2/h4-8H,1-3H3;1H2. The summed E-state index contributed by atoms with van der Waals surface area (Å²) in [7, 11) is 0. The maximum atomic E-state index is 10.9. The lowest BCUT2D eigenvalue weighted by atomic mass is 10.0. The molecule has 0 radical (unpaired) electrons. The van der Waals surface area contributed by atoms with E-state index < -0.39 is 0 Å². The van der Waals surface area contributed by atoms with E-state index in [2.05, 4.69) is 13.8 Å². The second-order valence-corrected chi connectivity index (χ2v) is 3.33. The molecule has 0 N–H and O–H groups in total. The Bertz CT molecular complexity index is 286. The fourth-order valence-electron chi connectivity index (χ4n) is 1.10. The molecule has 0 fully saturated rings. The van der Waals surface area contributed by atoms with Gasteiger partial charge in [0, 0.05) is 5.56 Å². The molecule has 0 saturated heterocycles. The fourth-order valence-corrected chi connectivity index (χ4v) is 1.10. The first-order valence-electron chi connectivity index (χ1n) is 4.51. The molecule has 0 aliphatic heterocycles. The number of carbonyl (C=O) groups is 2. The van der Waals surface area contributed by atoms with Crippen LogP contribution in [-0.4, -0.2) is 12.6 Å². The molecular weight excluding hydrogens is 176 g/mol. The number of rotatable bonds is 2. The number of hydrogen-bond acceptors (Lipinski definition) is 2. The Morgan fingerprint density at radius 3 is 1.86 bits per heavy atom. The van der Waals surface area contributed by atoms with Crippen LogP contribution in [0.2, 0.25) is 0 Å². The van der Waals surface area contributed by atoms with Crippen molar-refractivity contribution >= 4 is 12.6 Å². The summed E-state index contributed by atoms with van der Waals surface area (Å²) in [6.45, 7) is 7.87. The van der Waals surface area contributed by atoms with Gasteiger partial charge in [-0.1, -0.05) is 38.1 Å². The van der Waals surface area contributed by atoms with Crippen LogP contribution in [0, 0.1) is 0 Å². The van der Waals surface area contributed by atoms with Crippen LogP contribution in [0.15, 0.2) is 24.3 Å². The third-order valence-electron chi connectivity index (χ3n) is 1.98.